The van der Waals surface area contributed by atoms with E-state index in [1.165, 1.54) is 47.8 Å². The molecule has 2 aliphatic rings. The lowest BCUT2D eigenvalue weighted by Crippen LogP contribution is -2.77. The Morgan fingerprint density at radius 2 is 1.86 bits per heavy atom. The number of β-lactam (4-membered cyclic amide) rings is 1. The van der Waals surface area contributed by atoms with Crippen molar-refractivity contribution in [1.82, 2.24) is 4.90 Å². The number of thioether (sulfide) groups is 2. The molecule has 0 radical (unpaired) electrons. The van der Waals surface area contributed by atoms with Crippen LogP contribution in [0.25, 0.3) is 0 Å². The zero-order valence-corrected chi connectivity index (χ0v) is 24.3. The zero-order valence-electron chi connectivity index (χ0n) is 21.7. The molecule has 1 aromatic carbocycles. The number of fused-ring (bicyclic) bond motifs is 1. The molecule has 3 unspecified atom stereocenters. The molecule has 2 aliphatic heterocycles. The molecule has 0 bridgehead atoms. The van der Waals surface area contributed by atoms with Crippen LogP contribution in [0.5, 0.6) is 0 Å². The van der Waals surface area contributed by atoms with Crippen LogP contribution in [-0.2, 0) is 20.4 Å². The predicted molar refractivity (Wildman–Crippen MR) is 145 cm³/mol. The summed E-state index contributed by atoms with van der Waals surface area (Å²) in [5, 5.41) is 33.1. The van der Waals surface area contributed by atoms with Gasteiger partial charge in [-0.1, -0.05) is 32.9 Å². The Bertz CT molecular complexity index is 1080. The molecular formula is C23H33N3O8S2Si. The second-order valence-corrected chi connectivity index (χ2v) is 18.4. The monoisotopic (exact) mass is 571 g/mol. The number of nitro benzene ring substituents is 1. The molecule has 2 saturated heterocycles. The van der Waals surface area contributed by atoms with Crippen LogP contribution in [0.2, 0.25) is 18.1 Å². The van der Waals surface area contributed by atoms with Crippen molar-refractivity contribution in [2.24, 2.45) is 0 Å². The van der Waals surface area contributed by atoms with Gasteiger partial charge in [-0.2, -0.15) is 0 Å². The van der Waals surface area contributed by atoms with Gasteiger partial charge >= 0.3 is 5.97 Å². The molecule has 0 aromatic heterocycles. The molecule has 0 spiro atoms. The number of nitro groups is 2. The highest BCUT2D eigenvalue weighted by atomic mass is 32.2. The van der Waals surface area contributed by atoms with Crippen LogP contribution in [0.15, 0.2) is 24.3 Å². The van der Waals surface area contributed by atoms with Crippen molar-refractivity contribution in [2.75, 3.05) is 12.9 Å². The van der Waals surface area contributed by atoms with Gasteiger partial charge in [0.25, 0.3) is 11.7 Å². The third-order valence-corrected chi connectivity index (χ3v) is 15.4. The number of benzene rings is 1. The molecule has 37 heavy (non-hydrogen) atoms. The number of hydrogen-bond donors (Lipinski definition) is 1. The molecule has 204 valence electrons. The predicted octanol–water partition coefficient (Wildman–Crippen LogP) is 4.03. The molecule has 5 atom stereocenters. The average Bonchev–Trinajstić information content (AvgIpc) is 3.09. The highest BCUT2D eigenvalue weighted by molar-refractivity contribution is 8.18. The minimum Gasteiger partial charge on any atom is -0.480 e. The van der Waals surface area contributed by atoms with Crippen LogP contribution in [0.3, 0.4) is 0 Å². The van der Waals surface area contributed by atoms with Crippen LogP contribution in [0.4, 0.5) is 5.69 Å². The van der Waals surface area contributed by atoms with E-state index in [4.69, 9.17) is 4.43 Å². The smallest absolute Gasteiger partial charge is 0.326 e. The first-order valence-electron chi connectivity index (χ1n) is 11.8. The standard InChI is InChI=1S/C23H33N3O8S2Si/c1-22(2,3)37(5,6)34-12-11-23-18(17(26(32)33)20(35-4)36-23)24(21(23)29)16(19(27)28)13-14-7-9-15(10-8-14)25(30)31/h7-10,16-18,20H,11-13H2,1-6H3,(H,27,28)/t16?,17?,18-,20?,23+/m1/s1. The van der Waals surface area contributed by atoms with E-state index in [0.29, 0.717) is 5.56 Å². The van der Waals surface area contributed by atoms with Gasteiger partial charge in [0.1, 0.15) is 21.4 Å². The van der Waals surface area contributed by atoms with Crippen molar-refractivity contribution in [3.63, 3.8) is 0 Å². The minimum atomic E-state index is -2.13. The zero-order chi connectivity index (χ0) is 27.9. The Morgan fingerprint density at radius 1 is 1.27 bits per heavy atom. The van der Waals surface area contributed by atoms with Crippen LogP contribution in [0.1, 0.15) is 32.8 Å². The summed E-state index contributed by atoms with van der Waals surface area (Å²) in [5.41, 5.74) is 0.342. The third kappa shape index (κ3) is 5.38. The summed E-state index contributed by atoms with van der Waals surface area (Å²) in [6.45, 7) is 10.7. The number of amides is 1. The highest BCUT2D eigenvalue weighted by Gasteiger charge is 2.75. The number of hydrogen-bond acceptors (Lipinski definition) is 9. The van der Waals surface area contributed by atoms with Crippen molar-refractivity contribution >= 4 is 49.4 Å². The molecule has 1 amide bonds. The summed E-state index contributed by atoms with van der Waals surface area (Å²) in [6, 6.07) is 2.05. The second-order valence-electron chi connectivity index (χ2n) is 10.9. The van der Waals surface area contributed by atoms with Crippen molar-refractivity contribution in [1.29, 1.82) is 0 Å². The largest absolute Gasteiger partial charge is 0.480 e. The first kappa shape index (κ1) is 29.4. The summed E-state index contributed by atoms with van der Waals surface area (Å²) in [5.74, 6) is -1.71. The average molecular weight is 572 g/mol. The summed E-state index contributed by atoms with van der Waals surface area (Å²) in [6.07, 6.45) is 1.89. The first-order valence-corrected chi connectivity index (χ1v) is 16.9. The van der Waals surface area contributed by atoms with E-state index in [1.54, 1.807) is 6.26 Å². The summed E-state index contributed by atoms with van der Waals surface area (Å²) in [7, 11) is -2.13. The molecule has 1 aromatic rings. The number of rotatable bonds is 11. The Labute approximate surface area is 225 Å². The van der Waals surface area contributed by atoms with E-state index in [-0.39, 0.29) is 30.2 Å². The van der Waals surface area contributed by atoms with Crippen LogP contribution < -0.4 is 0 Å². The maximum Gasteiger partial charge on any atom is 0.326 e. The number of carboxylic acids is 1. The van der Waals surface area contributed by atoms with E-state index in [9.17, 15) is 34.9 Å². The fraction of sp³-hybridized carbons (Fsp3) is 0.652. The van der Waals surface area contributed by atoms with Gasteiger partial charge in [-0.05, 0) is 36.4 Å². The molecule has 0 saturated carbocycles. The van der Waals surface area contributed by atoms with Crippen LogP contribution in [0, 0.1) is 20.2 Å². The molecule has 14 heteroatoms. The lowest BCUT2D eigenvalue weighted by atomic mass is 9.78. The number of carboxylic acid groups (broad SMARTS) is 1. The fourth-order valence-electron chi connectivity index (χ4n) is 4.62. The van der Waals surface area contributed by atoms with E-state index in [0.717, 1.165) is 4.90 Å². The highest BCUT2D eigenvalue weighted by Crippen LogP contribution is 2.59. The summed E-state index contributed by atoms with van der Waals surface area (Å²) >= 11 is 2.54. The Kier molecular flexibility index (Phi) is 8.37. The summed E-state index contributed by atoms with van der Waals surface area (Å²) in [4.78, 5) is 49.4. The molecular weight excluding hydrogens is 538 g/mol. The SMILES string of the molecule is CSC1S[C@]2(CCO[Si](C)(C)C(C)(C)C)C(=O)N(C(Cc3ccc([N+](=O)[O-])cc3)C(=O)O)[C@@H]2C1[N+](=O)[O-]. The van der Waals surface area contributed by atoms with Crippen LogP contribution in [-0.4, -0.2) is 80.4 Å². The van der Waals surface area contributed by atoms with Gasteiger partial charge in [0, 0.05) is 30.1 Å². The van der Waals surface area contributed by atoms with Gasteiger partial charge in [-0.3, -0.25) is 25.0 Å². The normalized spacial score (nSPS) is 26.4. The second kappa shape index (κ2) is 10.5. The van der Waals surface area contributed by atoms with Gasteiger partial charge in [-0.15, -0.1) is 23.5 Å². The van der Waals surface area contributed by atoms with Crippen molar-refractivity contribution in [3.05, 3.63) is 50.1 Å². The maximum atomic E-state index is 13.7. The number of aliphatic carboxylic acids is 1. The molecule has 11 nitrogen and oxygen atoms in total. The number of non-ortho nitro benzene ring substituents is 1. The first-order chi connectivity index (χ1) is 17.1. The van der Waals surface area contributed by atoms with Crippen molar-refractivity contribution < 1.29 is 29.0 Å². The van der Waals surface area contributed by atoms with E-state index in [1.807, 2.05) is 0 Å². The van der Waals surface area contributed by atoms with E-state index < -0.39 is 57.5 Å². The Balaban J connectivity index is 1.91. The van der Waals surface area contributed by atoms with Gasteiger partial charge in [0.2, 0.25) is 5.91 Å². The lowest BCUT2D eigenvalue weighted by Gasteiger charge is -2.53. The lowest BCUT2D eigenvalue weighted by molar-refractivity contribution is -0.527. The maximum absolute atomic E-state index is 13.7. The molecule has 1 N–H and O–H groups in total. The van der Waals surface area contributed by atoms with Gasteiger partial charge < -0.3 is 14.4 Å². The van der Waals surface area contributed by atoms with Crippen LogP contribution >= 0.6 is 23.5 Å². The Hall–Kier alpha value is -2.16. The number of carbonyl (C=O) groups is 2. The molecule has 2 fully saturated rings. The molecule has 3 rings (SSSR count). The van der Waals surface area contributed by atoms with E-state index in [2.05, 4.69) is 33.9 Å². The third-order valence-electron chi connectivity index (χ3n) is 7.72. The quantitative estimate of drug-likeness (QED) is 0.178. The van der Waals surface area contributed by atoms with Crippen molar-refractivity contribution in [2.45, 2.75) is 79.2 Å². The van der Waals surface area contributed by atoms with Gasteiger partial charge in [0.05, 0.1) is 4.92 Å². The van der Waals surface area contributed by atoms with E-state index >= 15 is 0 Å². The fourth-order valence-corrected chi connectivity index (χ4v) is 8.70. The molecule has 0 aliphatic carbocycles. The number of carbonyl (C=O) groups excluding carboxylic acids is 1. The Morgan fingerprint density at radius 3 is 2.32 bits per heavy atom. The number of nitrogens with zero attached hydrogens (tertiary/aromatic N) is 3. The van der Waals surface area contributed by atoms with Gasteiger partial charge in [0.15, 0.2) is 8.32 Å². The minimum absolute atomic E-state index is 0.0487. The number of likely N-dealkylation sites (tertiary alicyclic amines) is 1. The van der Waals surface area contributed by atoms with Crippen molar-refractivity contribution in [3.8, 4) is 0 Å². The summed E-state index contributed by atoms with van der Waals surface area (Å²) < 4.78 is 4.65. The molecule has 2 heterocycles. The van der Waals surface area contributed by atoms with Gasteiger partial charge in [-0.25, -0.2) is 4.79 Å². The topological polar surface area (TPSA) is 153 Å².